The van der Waals surface area contributed by atoms with Crippen molar-refractivity contribution in [3.8, 4) is 45.9 Å². The first kappa shape index (κ1) is 80.3. The van der Waals surface area contributed by atoms with E-state index in [0.29, 0.717) is 12.2 Å². The van der Waals surface area contributed by atoms with Crippen molar-refractivity contribution < 1.29 is 39.7 Å². The van der Waals surface area contributed by atoms with E-state index in [1.165, 1.54) is 45.6 Å². The van der Waals surface area contributed by atoms with Gasteiger partial charge in [0.1, 0.15) is 48.0 Å². The summed E-state index contributed by atoms with van der Waals surface area (Å²) in [4.78, 5) is 8.37. The first-order valence-corrected chi connectivity index (χ1v) is 33.1. The van der Waals surface area contributed by atoms with E-state index in [2.05, 4.69) is 198 Å². The Bertz CT molecular complexity index is 3920. The van der Waals surface area contributed by atoms with E-state index in [4.69, 9.17) is 14.2 Å². The number of methoxy groups -OCH3 is 2. The summed E-state index contributed by atoms with van der Waals surface area (Å²) in [5.41, 5.74) is 12.4. The van der Waals surface area contributed by atoms with Crippen molar-refractivity contribution >= 4 is 10.9 Å². The van der Waals surface area contributed by atoms with Gasteiger partial charge in [0.25, 0.3) is 0 Å². The van der Waals surface area contributed by atoms with E-state index in [1.807, 2.05) is 127 Å². The lowest BCUT2D eigenvalue weighted by atomic mass is 9.83. The minimum Gasteiger partial charge on any atom is -0.508 e. The van der Waals surface area contributed by atoms with E-state index in [-0.39, 0.29) is 67.5 Å². The molecule has 2 aromatic heterocycles. The summed E-state index contributed by atoms with van der Waals surface area (Å²) in [7, 11) is 3.32. The van der Waals surface area contributed by atoms with Crippen LogP contribution in [-0.4, -0.2) is 59.5 Å². The number of benzene rings is 8. The van der Waals surface area contributed by atoms with E-state index < -0.39 is 0 Å². The Kier molecular flexibility index (Phi) is 29.2. The van der Waals surface area contributed by atoms with Gasteiger partial charge in [0.15, 0.2) is 11.5 Å². The van der Waals surface area contributed by atoms with Crippen LogP contribution in [0.25, 0.3) is 16.6 Å². The zero-order valence-electron chi connectivity index (χ0n) is 62.3. The minimum atomic E-state index is -0.227. The number of para-hydroxylation sites is 2. The molecule has 0 aliphatic rings. The molecule has 0 spiro atoms. The Hall–Kier alpha value is -9.13. The van der Waals surface area contributed by atoms with Crippen LogP contribution in [0.1, 0.15) is 195 Å². The van der Waals surface area contributed by atoms with Gasteiger partial charge < -0.3 is 39.7 Å². The summed E-state index contributed by atoms with van der Waals surface area (Å²) < 4.78 is 17.9. The molecule has 0 aliphatic heterocycles. The molecular formula is C85H112N4O8. The molecule has 0 fully saturated rings. The van der Waals surface area contributed by atoms with Crippen LogP contribution in [0.15, 0.2) is 207 Å². The molecule has 5 N–H and O–H groups in total. The molecule has 12 nitrogen and oxygen atoms in total. The van der Waals surface area contributed by atoms with Crippen LogP contribution in [0, 0.1) is 0 Å². The number of pyridine rings is 1. The van der Waals surface area contributed by atoms with E-state index in [1.54, 1.807) is 49.5 Å². The predicted octanol–water partition coefficient (Wildman–Crippen LogP) is 20.9. The lowest BCUT2D eigenvalue weighted by molar-refractivity contribution is 0.270. The number of hydrogen-bond acceptors (Lipinski definition) is 11. The van der Waals surface area contributed by atoms with Crippen LogP contribution in [0.2, 0.25) is 0 Å². The lowest BCUT2D eigenvalue weighted by Gasteiger charge is -2.23. The molecule has 0 bridgehead atoms. The van der Waals surface area contributed by atoms with Crippen molar-refractivity contribution in [2.75, 3.05) is 14.2 Å². The molecule has 97 heavy (non-hydrogen) atoms. The lowest BCUT2D eigenvalue weighted by Crippen LogP contribution is -2.14. The molecule has 2 heterocycles. The van der Waals surface area contributed by atoms with Crippen molar-refractivity contribution in [3.63, 3.8) is 0 Å². The van der Waals surface area contributed by atoms with Crippen LogP contribution in [0.5, 0.6) is 40.2 Å². The summed E-state index contributed by atoms with van der Waals surface area (Å²) in [6.45, 7) is 45.3. The largest absolute Gasteiger partial charge is 0.508 e. The van der Waals surface area contributed by atoms with Gasteiger partial charge in [0, 0.05) is 28.3 Å². The first-order valence-electron chi connectivity index (χ1n) is 33.1. The zero-order chi connectivity index (χ0) is 72.7. The highest BCUT2D eigenvalue weighted by atomic mass is 16.5. The molecule has 10 rings (SSSR count). The molecule has 12 heteroatoms. The minimum absolute atomic E-state index is 0.00926. The summed E-state index contributed by atoms with van der Waals surface area (Å²) in [6.07, 6.45) is 5.21. The Labute approximate surface area is 581 Å². The molecule has 0 amide bonds. The quantitative estimate of drug-likeness (QED) is 0.0962. The molecule has 8 aromatic carbocycles. The van der Waals surface area contributed by atoms with Crippen molar-refractivity contribution in [2.45, 2.75) is 197 Å². The second-order valence-corrected chi connectivity index (χ2v) is 31.1. The van der Waals surface area contributed by atoms with E-state index in [9.17, 15) is 25.5 Å². The number of aromatic nitrogens is 4. The maximum absolute atomic E-state index is 9.48. The third-order valence-electron chi connectivity index (χ3n) is 15.7. The number of aliphatic hydroxyl groups is 1. The van der Waals surface area contributed by atoms with Crippen LogP contribution >= 0.6 is 0 Å². The van der Waals surface area contributed by atoms with Gasteiger partial charge in [-0.3, -0.25) is 4.98 Å². The summed E-state index contributed by atoms with van der Waals surface area (Å²) >= 11 is 0. The monoisotopic (exact) mass is 1320 g/mol. The van der Waals surface area contributed by atoms with Crippen molar-refractivity contribution in [2.24, 2.45) is 0 Å². The molecule has 0 radical (unpaired) electrons. The van der Waals surface area contributed by atoms with Crippen LogP contribution in [0.4, 0.5) is 0 Å². The average molecular weight is 1320 g/mol. The molecule has 0 aliphatic carbocycles. The van der Waals surface area contributed by atoms with Gasteiger partial charge in [-0.05, 0) is 144 Å². The van der Waals surface area contributed by atoms with Crippen molar-refractivity contribution in [1.29, 1.82) is 0 Å². The third kappa shape index (κ3) is 26.1. The van der Waals surface area contributed by atoms with Gasteiger partial charge in [-0.2, -0.15) is 5.10 Å². The molecule has 520 valence electrons. The maximum Gasteiger partial charge on any atom is 0.161 e. The summed E-state index contributed by atoms with van der Waals surface area (Å²) in [5.74, 6) is 2.87. The fraction of sp³-hybridized carbons (Fsp3) is 0.376. The third-order valence-corrected chi connectivity index (χ3v) is 15.7. The Morgan fingerprint density at radius 2 is 0.907 bits per heavy atom. The molecule has 0 atom stereocenters. The van der Waals surface area contributed by atoms with Gasteiger partial charge >= 0.3 is 0 Å². The van der Waals surface area contributed by atoms with Gasteiger partial charge in [-0.15, -0.1) is 0 Å². The Morgan fingerprint density at radius 3 is 1.38 bits per heavy atom. The number of phenolic OH excluding ortho intramolecular Hbond substituents is 4. The second kappa shape index (κ2) is 35.2. The number of nitrogens with zero attached hydrogens (tertiary/aromatic N) is 4. The highest BCUT2D eigenvalue weighted by Crippen LogP contribution is 2.39. The van der Waals surface area contributed by atoms with Crippen LogP contribution in [-0.2, 0) is 51.1 Å². The van der Waals surface area contributed by atoms with Crippen LogP contribution < -0.4 is 14.2 Å². The SMILES string of the molecule is CC(C)(C)c1c(O)cccc1O.CC(C)(C)c1ccc(-n2cncn2)cc1.CC(C)(C)c1ccc(OCc2ccccc2)cc1.CC(C)(C)c1cccc(O)c1O.CC(C)(C)c1cnc2ccccc2c1.COc1cccc(C(C)(C)C)c1.COc1cccc(C(C)(C)C)c1CO. The first-order chi connectivity index (χ1) is 45.1. The second-order valence-electron chi connectivity index (χ2n) is 31.1. The van der Waals surface area contributed by atoms with Gasteiger partial charge in [-0.25, -0.2) is 9.67 Å². The highest BCUT2D eigenvalue weighted by molar-refractivity contribution is 5.79. The number of aromatic hydroxyl groups is 4. The highest BCUT2D eigenvalue weighted by Gasteiger charge is 2.23. The predicted molar refractivity (Wildman–Crippen MR) is 403 cm³/mol. The Morgan fingerprint density at radius 1 is 0.412 bits per heavy atom. The summed E-state index contributed by atoms with van der Waals surface area (Å²) in [5, 5.41) is 52.3. The van der Waals surface area contributed by atoms with Gasteiger partial charge in [0.05, 0.1) is 32.0 Å². The number of phenols is 4. The van der Waals surface area contributed by atoms with Gasteiger partial charge in [-0.1, -0.05) is 261 Å². The van der Waals surface area contributed by atoms with Crippen molar-refractivity contribution in [1.82, 2.24) is 19.7 Å². The smallest absolute Gasteiger partial charge is 0.161 e. The molecule has 0 saturated carbocycles. The number of rotatable bonds is 7. The average Bonchev–Trinajstić information content (AvgIpc) is 1.12. The molecule has 10 aromatic rings. The number of fused-ring (bicyclic) bond motifs is 1. The summed E-state index contributed by atoms with van der Waals surface area (Å²) in [6, 6.07) is 61.3. The maximum atomic E-state index is 9.48. The molecule has 0 unspecified atom stereocenters. The van der Waals surface area contributed by atoms with E-state index in [0.717, 1.165) is 45.1 Å². The fourth-order valence-corrected chi connectivity index (χ4v) is 9.87. The topological polar surface area (TPSA) is 172 Å². The van der Waals surface area contributed by atoms with Crippen LogP contribution in [0.3, 0.4) is 0 Å². The van der Waals surface area contributed by atoms with Gasteiger partial charge in [0.2, 0.25) is 0 Å². The normalized spacial score (nSPS) is 11.5. The zero-order valence-corrected chi connectivity index (χ0v) is 62.3. The molecular weight excluding hydrogens is 1200 g/mol. The number of hydrogen-bond donors (Lipinski definition) is 5. The molecule has 0 saturated heterocycles. The Balaban J connectivity index is 0.000000242. The fourth-order valence-electron chi connectivity index (χ4n) is 9.87. The number of aliphatic hydroxyl groups excluding tert-OH is 1. The van der Waals surface area contributed by atoms with Crippen molar-refractivity contribution in [3.05, 3.63) is 257 Å². The van der Waals surface area contributed by atoms with E-state index >= 15 is 0 Å². The number of ether oxygens (including phenoxy) is 3. The standard InChI is InChI=1S/C17H20O.C13H15N.C12H15N3.C12H18O2.C11H16O.2C10H14O2/c1-17(2,3)15-9-11-16(12-10-15)18-13-14-7-5-4-6-8-14;1-13(2,3)11-8-10-6-4-5-7-12(10)14-9-11;1-12(2,3)10-4-6-11(7-5-10)15-9-13-8-14-15;1-12(2,3)10-6-5-7-11(14-4)9(10)8-13;1-11(2,3)9-6-5-7-10(8-9)12-4;1-10(2,3)9-7(11)5-4-6-8(9)12;1-10(2,3)7-5-4-6-8(11)9(7)12/h4-12H,13H2,1-3H3;4-9H,1-3H3;4-9H,1-3H3;5-7,13H,8H2,1-4H3;5-8H,1-4H3;2*4-6,11-12H,1-3H3.